The minimum atomic E-state index is -0.124. The first-order valence-electron chi connectivity index (χ1n) is 8.12. The molecule has 0 radical (unpaired) electrons. The normalized spacial score (nSPS) is 22.0. The summed E-state index contributed by atoms with van der Waals surface area (Å²) in [5, 5.41) is 0. The van der Waals surface area contributed by atoms with Crippen molar-refractivity contribution in [2.45, 2.75) is 32.7 Å². The van der Waals surface area contributed by atoms with E-state index in [1.165, 1.54) is 24.0 Å². The average Bonchev–Trinajstić information content (AvgIpc) is 2.60. The van der Waals surface area contributed by atoms with Crippen LogP contribution in [0.5, 0.6) is 0 Å². The first-order valence-corrected chi connectivity index (χ1v) is 8.12. The maximum atomic E-state index is 6.18. The van der Waals surface area contributed by atoms with Gasteiger partial charge in [-0.1, -0.05) is 50.3 Å². The fourth-order valence-corrected chi connectivity index (χ4v) is 2.78. The van der Waals surface area contributed by atoms with Crippen molar-refractivity contribution in [1.29, 1.82) is 0 Å². The molecule has 2 aliphatic rings. The van der Waals surface area contributed by atoms with Gasteiger partial charge >= 0.3 is 0 Å². The fraction of sp³-hybridized carbons (Fsp3) is 0.400. The van der Waals surface area contributed by atoms with Gasteiger partial charge in [0.25, 0.3) is 0 Å². The van der Waals surface area contributed by atoms with Gasteiger partial charge < -0.3 is 15.2 Å². The molecule has 1 aromatic carbocycles. The molecule has 0 amide bonds. The lowest BCUT2D eigenvalue weighted by molar-refractivity contribution is 0.231. The summed E-state index contributed by atoms with van der Waals surface area (Å²) in [7, 11) is 1.70. The molecule has 23 heavy (non-hydrogen) atoms. The van der Waals surface area contributed by atoms with Crippen molar-refractivity contribution in [3.63, 3.8) is 0 Å². The van der Waals surface area contributed by atoms with Gasteiger partial charge in [-0.25, -0.2) is 0 Å². The van der Waals surface area contributed by atoms with Gasteiger partial charge in [-0.3, -0.25) is 0 Å². The highest BCUT2D eigenvalue weighted by molar-refractivity contribution is 5.75. The van der Waals surface area contributed by atoms with Crippen LogP contribution in [0.1, 0.15) is 32.3 Å². The molecule has 1 unspecified atom stereocenters. The van der Waals surface area contributed by atoms with Crippen molar-refractivity contribution in [1.82, 2.24) is 0 Å². The third kappa shape index (κ3) is 4.26. The highest BCUT2D eigenvalue weighted by Gasteiger charge is 2.35. The van der Waals surface area contributed by atoms with Crippen molar-refractivity contribution < 1.29 is 9.47 Å². The van der Waals surface area contributed by atoms with E-state index in [0.29, 0.717) is 0 Å². The van der Waals surface area contributed by atoms with Crippen molar-refractivity contribution >= 4 is 5.57 Å². The summed E-state index contributed by atoms with van der Waals surface area (Å²) in [6, 6.07) is 10.3. The molecule has 1 atom stereocenters. The summed E-state index contributed by atoms with van der Waals surface area (Å²) in [6.45, 7) is 5.22. The molecule has 124 valence electrons. The van der Waals surface area contributed by atoms with Crippen LogP contribution in [-0.4, -0.2) is 19.8 Å². The zero-order valence-electron chi connectivity index (χ0n) is 14.3. The van der Waals surface area contributed by atoms with Crippen LogP contribution >= 0.6 is 0 Å². The van der Waals surface area contributed by atoms with Crippen molar-refractivity contribution in [3.8, 4) is 0 Å². The summed E-state index contributed by atoms with van der Waals surface area (Å²) in [5.74, 6) is 0.905. The van der Waals surface area contributed by atoms with Gasteiger partial charge in [0.05, 0.1) is 20.0 Å². The third-order valence-corrected chi connectivity index (χ3v) is 4.29. The standard InChI is InChI=1S/C15H19NO.C5H8O/c1-15(2)13(16)10-9-12(17-3)14(15)11-7-5-4-6-8-11;1-2-4-6-5-3-1/h4-10,13H,16H2,1-3H3;2,4H,1,3,5H2. The molecule has 1 heterocycles. The lowest BCUT2D eigenvalue weighted by Gasteiger charge is -2.36. The predicted molar refractivity (Wildman–Crippen MR) is 95.6 cm³/mol. The first-order chi connectivity index (χ1) is 11.1. The summed E-state index contributed by atoms with van der Waals surface area (Å²) < 4.78 is 10.4. The van der Waals surface area contributed by atoms with E-state index in [1.54, 1.807) is 13.4 Å². The molecule has 3 heteroatoms. The number of benzene rings is 1. The first kappa shape index (κ1) is 17.4. The summed E-state index contributed by atoms with van der Waals surface area (Å²) >= 11 is 0. The van der Waals surface area contributed by atoms with Gasteiger partial charge in [0, 0.05) is 17.0 Å². The molecule has 0 fully saturated rings. The van der Waals surface area contributed by atoms with Crippen LogP contribution in [0.15, 0.2) is 60.6 Å². The van der Waals surface area contributed by atoms with Crippen molar-refractivity contribution in [3.05, 3.63) is 66.1 Å². The topological polar surface area (TPSA) is 44.5 Å². The zero-order valence-corrected chi connectivity index (χ0v) is 14.3. The van der Waals surface area contributed by atoms with Crippen LogP contribution in [0.25, 0.3) is 5.57 Å². The minimum absolute atomic E-state index is 0.0107. The van der Waals surface area contributed by atoms with Gasteiger partial charge in [0.1, 0.15) is 5.76 Å². The van der Waals surface area contributed by atoms with Crippen LogP contribution in [0, 0.1) is 5.41 Å². The quantitative estimate of drug-likeness (QED) is 0.886. The van der Waals surface area contributed by atoms with E-state index in [0.717, 1.165) is 12.4 Å². The molecule has 3 rings (SSSR count). The molecule has 3 nitrogen and oxygen atoms in total. The van der Waals surface area contributed by atoms with E-state index in [1.807, 2.05) is 36.4 Å². The Labute approximate surface area is 139 Å². The van der Waals surface area contributed by atoms with E-state index in [4.69, 9.17) is 15.2 Å². The molecule has 0 spiro atoms. The second-order valence-corrected chi connectivity index (χ2v) is 6.30. The van der Waals surface area contributed by atoms with Crippen molar-refractivity contribution in [2.75, 3.05) is 13.7 Å². The second kappa shape index (κ2) is 8.02. The van der Waals surface area contributed by atoms with Crippen LogP contribution < -0.4 is 5.73 Å². The van der Waals surface area contributed by atoms with Crippen molar-refractivity contribution in [2.24, 2.45) is 11.1 Å². The van der Waals surface area contributed by atoms with Crippen LogP contribution in [0.3, 0.4) is 0 Å². The summed E-state index contributed by atoms with van der Waals surface area (Å²) in [5.41, 5.74) is 8.41. The molecule has 2 N–H and O–H groups in total. The van der Waals surface area contributed by atoms with E-state index < -0.39 is 0 Å². The molecule has 0 saturated carbocycles. The predicted octanol–water partition coefficient (Wildman–Crippen LogP) is 4.28. The molecule has 1 aromatic rings. The molecule has 0 aromatic heterocycles. The number of nitrogens with two attached hydrogens (primary N) is 1. The number of hydrogen-bond donors (Lipinski definition) is 1. The van der Waals surface area contributed by atoms with Crippen LogP contribution in [-0.2, 0) is 9.47 Å². The molecule has 1 aliphatic carbocycles. The smallest absolute Gasteiger partial charge is 0.123 e. The monoisotopic (exact) mass is 313 g/mol. The van der Waals surface area contributed by atoms with Crippen LogP contribution in [0.2, 0.25) is 0 Å². The van der Waals surface area contributed by atoms with E-state index in [2.05, 4.69) is 26.0 Å². The Morgan fingerprint density at radius 2 is 1.96 bits per heavy atom. The lowest BCUT2D eigenvalue weighted by Crippen LogP contribution is -2.39. The van der Waals surface area contributed by atoms with Crippen LogP contribution in [0.4, 0.5) is 0 Å². The Hall–Kier alpha value is -2.00. The Kier molecular flexibility index (Phi) is 6.05. The van der Waals surface area contributed by atoms with Gasteiger partial charge in [0.2, 0.25) is 0 Å². The molecule has 1 aliphatic heterocycles. The highest BCUT2D eigenvalue weighted by Crippen LogP contribution is 2.42. The Morgan fingerprint density at radius 1 is 1.22 bits per heavy atom. The van der Waals surface area contributed by atoms with Gasteiger partial charge in [0.15, 0.2) is 0 Å². The second-order valence-electron chi connectivity index (χ2n) is 6.30. The Balaban J connectivity index is 0.000000268. The van der Waals surface area contributed by atoms with Gasteiger partial charge in [-0.15, -0.1) is 0 Å². The number of rotatable bonds is 2. The highest BCUT2D eigenvalue weighted by atomic mass is 16.5. The molecular weight excluding hydrogens is 286 g/mol. The largest absolute Gasteiger partial charge is 0.502 e. The molecule has 0 bridgehead atoms. The Morgan fingerprint density at radius 3 is 2.43 bits per heavy atom. The van der Waals surface area contributed by atoms with E-state index >= 15 is 0 Å². The van der Waals surface area contributed by atoms with E-state index in [9.17, 15) is 0 Å². The molecule has 0 saturated heterocycles. The number of methoxy groups -OCH3 is 1. The minimum Gasteiger partial charge on any atom is -0.502 e. The molecular formula is C20H27NO2. The zero-order chi connectivity index (χ0) is 16.7. The Bertz CT molecular complexity index is 577. The number of ether oxygens (including phenoxy) is 2. The average molecular weight is 313 g/mol. The number of hydrogen-bond acceptors (Lipinski definition) is 3. The maximum Gasteiger partial charge on any atom is 0.123 e. The summed E-state index contributed by atoms with van der Waals surface area (Å²) in [6.07, 6.45) is 10.2. The number of allylic oxidation sites excluding steroid dienone is 2. The lowest BCUT2D eigenvalue weighted by atomic mass is 9.71. The van der Waals surface area contributed by atoms with Gasteiger partial charge in [-0.05, 0) is 30.6 Å². The fourth-order valence-electron chi connectivity index (χ4n) is 2.78. The summed E-state index contributed by atoms with van der Waals surface area (Å²) in [4.78, 5) is 0. The van der Waals surface area contributed by atoms with E-state index in [-0.39, 0.29) is 11.5 Å². The maximum absolute atomic E-state index is 6.18. The third-order valence-electron chi connectivity index (χ3n) is 4.29. The van der Waals surface area contributed by atoms with Gasteiger partial charge in [-0.2, -0.15) is 0 Å². The SMILES string of the molecule is C1=COCCC1.COC1=C(c2ccccc2)C(C)(C)C(N)C=C1.